The number of amides is 1. The molecule has 1 N–H and O–H groups in total. The lowest BCUT2D eigenvalue weighted by molar-refractivity contribution is 0.0950. The lowest BCUT2D eigenvalue weighted by Gasteiger charge is -2.12. The van der Waals surface area contributed by atoms with Crippen LogP contribution in [0.3, 0.4) is 0 Å². The summed E-state index contributed by atoms with van der Waals surface area (Å²) in [6.45, 7) is 0.606. The number of benzene rings is 4. The van der Waals surface area contributed by atoms with E-state index in [1.807, 2.05) is 36.4 Å². The molecule has 4 aromatic carbocycles. The van der Waals surface area contributed by atoms with Crippen molar-refractivity contribution in [3.63, 3.8) is 0 Å². The average Bonchev–Trinajstić information content (AvgIpc) is 2.92. The normalized spacial score (nSPS) is 10.8. The third kappa shape index (κ3) is 7.26. The molecule has 0 aliphatic heterocycles. The topological polar surface area (TPSA) is 69.2 Å². The Bertz CT molecular complexity index is 1390. The molecule has 0 saturated carbocycles. The molecule has 0 aliphatic rings. The molecule has 8 heteroatoms. The first-order valence-electron chi connectivity index (χ1n) is 11.4. The maximum Gasteiger partial charge on any atom is 0.275 e. The van der Waals surface area contributed by atoms with Crippen LogP contribution in [0.2, 0.25) is 10.0 Å². The third-order valence-corrected chi connectivity index (χ3v) is 5.92. The second-order valence-corrected chi connectivity index (χ2v) is 8.75. The fourth-order valence-electron chi connectivity index (χ4n) is 3.42. The number of rotatable bonds is 10. The van der Waals surface area contributed by atoms with Gasteiger partial charge in [-0.2, -0.15) is 5.10 Å². The van der Waals surface area contributed by atoms with E-state index >= 15 is 0 Å². The predicted octanol–water partition coefficient (Wildman–Crippen LogP) is 6.92. The van der Waals surface area contributed by atoms with Gasteiger partial charge in [0.2, 0.25) is 0 Å². The Labute approximate surface area is 225 Å². The van der Waals surface area contributed by atoms with Crippen LogP contribution in [0.15, 0.2) is 96.1 Å². The zero-order chi connectivity index (χ0) is 26.0. The van der Waals surface area contributed by atoms with Gasteiger partial charge in [0.1, 0.15) is 19.0 Å². The molecule has 0 saturated heterocycles. The molecule has 4 rings (SSSR count). The van der Waals surface area contributed by atoms with E-state index in [1.165, 1.54) is 6.21 Å². The Morgan fingerprint density at radius 1 is 0.838 bits per heavy atom. The molecule has 188 valence electrons. The summed E-state index contributed by atoms with van der Waals surface area (Å²) in [6.07, 6.45) is 1.53. The predicted molar refractivity (Wildman–Crippen MR) is 146 cm³/mol. The molecule has 0 unspecified atom stereocenters. The molecule has 4 aromatic rings. The van der Waals surface area contributed by atoms with Crippen LogP contribution in [0.5, 0.6) is 17.2 Å². The smallest absolute Gasteiger partial charge is 0.275 e. The molecule has 0 atom stereocenters. The fraction of sp³-hybridized carbons (Fsp3) is 0.103. The monoisotopic (exact) mass is 534 g/mol. The van der Waals surface area contributed by atoms with Crippen LogP contribution in [-0.2, 0) is 13.2 Å². The number of nitrogens with one attached hydrogen (secondary N) is 1. The van der Waals surface area contributed by atoms with Gasteiger partial charge in [0.05, 0.1) is 18.9 Å². The Hall–Kier alpha value is -4.00. The lowest BCUT2D eigenvalue weighted by atomic mass is 10.2. The minimum absolute atomic E-state index is 0.183. The van der Waals surface area contributed by atoms with Crippen LogP contribution in [0.4, 0.5) is 0 Å². The van der Waals surface area contributed by atoms with Gasteiger partial charge in [0.25, 0.3) is 5.91 Å². The van der Waals surface area contributed by atoms with Crippen molar-refractivity contribution >= 4 is 35.3 Å². The third-order valence-electron chi connectivity index (χ3n) is 5.33. The van der Waals surface area contributed by atoms with Crippen LogP contribution in [0.1, 0.15) is 27.0 Å². The standard InChI is InChI=1S/C29H24Cl2N2O4/c1-35-28-15-21(11-14-27(28)36-18-20-7-3-2-4-8-20)17-32-33-29(34)24-9-5-6-10-26(24)37-19-22-12-13-23(30)16-25(22)31/h2-17H,18-19H2,1H3,(H,33,34)/b32-17+. The number of carbonyl (C=O) groups is 1. The Balaban J connectivity index is 1.38. The van der Waals surface area contributed by atoms with Crippen molar-refractivity contribution in [2.24, 2.45) is 5.10 Å². The van der Waals surface area contributed by atoms with Crippen LogP contribution in [-0.4, -0.2) is 19.2 Å². The zero-order valence-corrected chi connectivity index (χ0v) is 21.5. The summed E-state index contributed by atoms with van der Waals surface area (Å²) in [6, 6.07) is 27.3. The highest BCUT2D eigenvalue weighted by Gasteiger charge is 2.13. The molecular weight excluding hydrogens is 511 g/mol. The van der Waals surface area contributed by atoms with Crippen molar-refractivity contribution in [3.05, 3.63) is 123 Å². The second-order valence-electron chi connectivity index (χ2n) is 7.90. The summed E-state index contributed by atoms with van der Waals surface area (Å²) in [5, 5.41) is 5.12. The van der Waals surface area contributed by atoms with E-state index in [2.05, 4.69) is 10.5 Å². The molecule has 0 bridgehead atoms. The summed E-state index contributed by atoms with van der Waals surface area (Å²) in [5.41, 5.74) is 5.41. The van der Waals surface area contributed by atoms with Gasteiger partial charge in [0.15, 0.2) is 11.5 Å². The maximum atomic E-state index is 12.8. The van der Waals surface area contributed by atoms with E-state index in [0.717, 1.165) is 16.7 Å². The lowest BCUT2D eigenvalue weighted by Crippen LogP contribution is -2.18. The minimum atomic E-state index is -0.413. The van der Waals surface area contributed by atoms with E-state index in [0.29, 0.717) is 39.5 Å². The van der Waals surface area contributed by atoms with Crippen molar-refractivity contribution in [1.29, 1.82) is 0 Å². The van der Waals surface area contributed by atoms with Crippen molar-refractivity contribution in [2.45, 2.75) is 13.2 Å². The quantitative estimate of drug-likeness (QED) is 0.177. The van der Waals surface area contributed by atoms with Gasteiger partial charge in [-0.25, -0.2) is 5.43 Å². The van der Waals surface area contributed by atoms with E-state index in [4.69, 9.17) is 37.4 Å². The zero-order valence-electron chi connectivity index (χ0n) is 20.0. The number of hydrazone groups is 1. The average molecular weight is 535 g/mol. The number of methoxy groups -OCH3 is 1. The molecule has 6 nitrogen and oxygen atoms in total. The number of hydrogen-bond acceptors (Lipinski definition) is 5. The van der Waals surface area contributed by atoms with Gasteiger partial charge in [0, 0.05) is 15.6 Å². The largest absolute Gasteiger partial charge is 0.493 e. The molecule has 0 heterocycles. The van der Waals surface area contributed by atoms with Crippen molar-refractivity contribution < 1.29 is 19.0 Å². The highest BCUT2D eigenvalue weighted by atomic mass is 35.5. The van der Waals surface area contributed by atoms with E-state index < -0.39 is 5.91 Å². The van der Waals surface area contributed by atoms with Gasteiger partial charge in [-0.05, 0) is 53.6 Å². The molecule has 0 fully saturated rings. The summed E-state index contributed by atoms with van der Waals surface area (Å²) < 4.78 is 17.2. The number of ether oxygens (including phenoxy) is 3. The molecular formula is C29H24Cl2N2O4. The number of para-hydroxylation sites is 1. The highest BCUT2D eigenvalue weighted by Crippen LogP contribution is 2.28. The number of halogens is 2. The van der Waals surface area contributed by atoms with E-state index in [-0.39, 0.29) is 6.61 Å². The summed E-state index contributed by atoms with van der Waals surface area (Å²) in [5.74, 6) is 1.16. The van der Waals surface area contributed by atoms with Crippen LogP contribution in [0, 0.1) is 0 Å². The number of hydrogen-bond donors (Lipinski definition) is 1. The van der Waals surface area contributed by atoms with E-state index in [1.54, 1.807) is 61.7 Å². The highest BCUT2D eigenvalue weighted by molar-refractivity contribution is 6.35. The van der Waals surface area contributed by atoms with Crippen LogP contribution < -0.4 is 19.6 Å². The summed E-state index contributed by atoms with van der Waals surface area (Å²) in [7, 11) is 1.57. The Morgan fingerprint density at radius 2 is 1.59 bits per heavy atom. The minimum Gasteiger partial charge on any atom is -0.493 e. The Morgan fingerprint density at radius 3 is 2.38 bits per heavy atom. The first-order chi connectivity index (χ1) is 18.0. The van der Waals surface area contributed by atoms with E-state index in [9.17, 15) is 4.79 Å². The maximum absolute atomic E-state index is 12.8. The molecule has 37 heavy (non-hydrogen) atoms. The molecule has 1 amide bonds. The molecule has 0 aromatic heterocycles. The van der Waals surface area contributed by atoms with Gasteiger partial charge < -0.3 is 14.2 Å². The van der Waals surface area contributed by atoms with Crippen LogP contribution >= 0.6 is 23.2 Å². The second kappa shape index (κ2) is 12.8. The first kappa shape index (κ1) is 26.1. The molecule has 0 radical (unpaired) electrons. The van der Waals surface area contributed by atoms with Gasteiger partial charge in [-0.15, -0.1) is 0 Å². The first-order valence-corrected chi connectivity index (χ1v) is 12.1. The van der Waals surface area contributed by atoms with Gasteiger partial charge in [-0.3, -0.25) is 4.79 Å². The van der Waals surface area contributed by atoms with Crippen molar-refractivity contribution in [2.75, 3.05) is 7.11 Å². The van der Waals surface area contributed by atoms with Gasteiger partial charge in [-0.1, -0.05) is 71.7 Å². The molecule has 0 aliphatic carbocycles. The molecule has 0 spiro atoms. The van der Waals surface area contributed by atoms with Gasteiger partial charge >= 0.3 is 0 Å². The fourth-order valence-corrected chi connectivity index (χ4v) is 3.88. The van der Waals surface area contributed by atoms with Crippen molar-refractivity contribution in [3.8, 4) is 17.2 Å². The van der Waals surface area contributed by atoms with Crippen LogP contribution in [0.25, 0.3) is 0 Å². The number of nitrogens with zero attached hydrogens (tertiary/aromatic N) is 1. The SMILES string of the molecule is COc1cc(/C=N/NC(=O)c2ccccc2OCc2ccc(Cl)cc2Cl)ccc1OCc1ccccc1. The Kier molecular flexibility index (Phi) is 9.03. The summed E-state index contributed by atoms with van der Waals surface area (Å²) in [4.78, 5) is 12.8. The number of carbonyl (C=O) groups excluding carboxylic acids is 1. The van der Waals surface area contributed by atoms with Crippen molar-refractivity contribution in [1.82, 2.24) is 5.43 Å². The summed E-state index contributed by atoms with van der Waals surface area (Å²) >= 11 is 12.2.